The van der Waals surface area contributed by atoms with E-state index in [1.54, 1.807) is 9.36 Å². The van der Waals surface area contributed by atoms with E-state index in [0.29, 0.717) is 6.54 Å². The minimum atomic E-state index is 0.496. The van der Waals surface area contributed by atoms with Gasteiger partial charge >= 0.3 is 0 Å². The van der Waals surface area contributed by atoms with Gasteiger partial charge in [-0.2, -0.15) is 10.2 Å². The molecular formula is C13H22N8. The average Bonchev–Trinajstić information content (AvgIpc) is 3.03. The molecule has 2 aromatic heterocycles. The maximum absolute atomic E-state index is 4.60. The standard InChI is InChI=1S/C13H22N8/c1-5-14-13(15-7-12-16-10-18-21(12)4)19(2)8-11-6-17-20(3)9-11/h6,9-10H,5,7-8H2,1-4H3,(H,14,15). The van der Waals surface area contributed by atoms with E-state index in [4.69, 9.17) is 0 Å². The Hall–Kier alpha value is -2.38. The second-order valence-electron chi connectivity index (χ2n) is 4.85. The Bertz CT molecular complexity index is 597. The van der Waals surface area contributed by atoms with Crippen LogP contribution in [-0.4, -0.2) is 49.0 Å². The highest BCUT2D eigenvalue weighted by molar-refractivity contribution is 5.79. The molecule has 0 aliphatic heterocycles. The molecule has 114 valence electrons. The van der Waals surface area contributed by atoms with Crippen LogP contribution in [0.25, 0.3) is 0 Å². The van der Waals surface area contributed by atoms with E-state index in [0.717, 1.165) is 30.4 Å². The molecule has 0 unspecified atom stereocenters. The molecule has 0 bridgehead atoms. The van der Waals surface area contributed by atoms with Crippen molar-refractivity contribution < 1.29 is 0 Å². The summed E-state index contributed by atoms with van der Waals surface area (Å²) in [4.78, 5) is 10.8. The molecule has 0 saturated heterocycles. The molecule has 2 rings (SSSR count). The molecule has 0 fully saturated rings. The first-order chi connectivity index (χ1) is 10.1. The highest BCUT2D eigenvalue weighted by Crippen LogP contribution is 2.02. The molecule has 0 aromatic carbocycles. The summed E-state index contributed by atoms with van der Waals surface area (Å²) < 4.78 is 3.53. The monoisotopic (exact) mass is 290 g/mol. The summed E-state index contributed by atoms with van der Waals surface area (Å²) >= 11 is 0. The van der Waals surface area contributed by atoms with Crippen molar-refractivity contribution in [3.8, 4) is 0 Å². The van der Waals surface area contributed by atoms with Gasteiger partial charge in [0, 0.05) is 46.0 Å². The molecule has 0 spiro atoms. The zero-order valence-corrected chi connectivity index (χ0v) is 13.0. The third-order valence-electron chi connectivity index (χ3n) is 3.05. The number of nitrogens with one attached hydrogen (secondary N) is 1. The molecule has 0 saturated carbocycles. The van der Waals surface area contributed by atoms with Crippen LogP contribution in [0, 0.1) is 0 Å². The quantitative estimate of drug-likeness (QED) is 0.626. The SMILES string of the molecule is CCNC(=NCc1ncnn1C)N(C)Cc1cnn(C)c1. The van der Waals surface area contributed by atoms with Gasteiger partial charge in [-0.05, 0) is 6.92 Å². The summed E-state index contributed by atoms with van der Waals surface area (Å²) in [5.41, 5.74) is 1.14. The Morgan fingerprint density at radius 2 is 2.19 bits per heavy atom. The van der Waals surface area contributed by atoms with Gasteiger partial charge in [0.1, 0.15) is 18.7 Å². The van der Waals surface area contributed by atoms with Gasteiger partial charge in [-0.25, -0.2) is 9.98 Å². The van der Waals surface area contributed by atoms with Crippen molar-refractivity contribution in [2.24, 2.45) is 19.1 Å². The van der Waals surface area contributed by atoms with Crippen molar-refractivity contribution in [3.63, 3.8) is 0 Å². The highest BCUT2D eigenvalue weighted by Gasteiger charge is 2.08. The maximum atomic E-state index is 4.60. The fourth-order valence-corrected chi connectivity index (χ4v) is 1.98. The molecule has 0 aliphatic carbocycles. The van der Waals surface area contributed by atoms with Gasteiger partial charge in [-0.15, -0.1) is 0 Å². The van der Waals surface area contributed by atoms with E-state index in [1.165, 1.54) is 6.33 Å². The Morgan fingerprint density at radius 3 is 2.76 bits per heavy atom. The molecule has 0 aliphatic rings. The third-order valence-corrected chi connectivity index (χ3v) is 3.05. The van der Waals surface area contributed by atoms with E-state index >= 15 is 0 Å². The number of aryl methyl sites for hydroxylation is 2. The van der Waals surface area contributed by atoms with Gasteiger partial charge in [0.25, 0.3) is 0 Å². The number of aromatic nitrogens is 5. The van der Waals surface area contributed by atoms with Crippen molar-refractivity contribution in [3.05, 3.63) is 30.1 Å². The van der Waals surface area contributed by atoms with Crippen LogP contribution < -0.4 is 5.32 Å². The smallest absolute Gasteiger partial charge is 0.194 e. The van der Waals surface area contributed by atoms with Gasteiger partial charge < -0.3 is 10.2 Å². The van der Waals surface area contributed by atoms with E-state index in [-0.39, 0.29) is 0 Å². The molecule has 1 N–H and O–H groups in total. The topological polar surface area (TPSA) is 76.2 Å². The summed E-state index contributed by atoms with van der Waals surface area (Å²) in [7, 11) is 5.78. The van der Waals surface area contributed by atoms with Crippen molar-refractivity contribution in [1.82, 2.24) is 34.8 Å². The Morgan fingerprint density at radius 1 is 1.38 bits per heavy atom. The van der Waals surface area contributed by atoms with Crippen molar-refractivity contribution in [2.75, 3.05) is 13.6 Å². The van der Waals surface area contributed by atoms with Crippen LogP contribution in [0.4, 0.5) is 0 Å². The minimum Gasteiger partial charge on any atom is -0.357 e. The van der Waals surface area contributed by atoms with Gasteiger partial charge in [-0.1, -0.05) is 0 Å². The normalized spacial score (nSPS) is 11.7. The third kappa shape index (κ3) is 4.04. The summed E-state index contributed by atoms with van der Waals surface area (Å²) in [6, 6.07) is 0. The van der Waals surface area contributed by atoms with Crippen LogP contribution in [0.5, 0.6) is 0 Å². The predicted octanol–water partition coefficient (Wildman–Crippen LogP) is 0.146. The van der Waals surface area contributed by atoms with Crippen LogP contribution >= 0.6 is 0 Å². The molecule has 0 atom stereocenters. The molecule has 2 aromatic rings. The highest BCUT2D eigenvalue weighted by atomic mass is 15.3. The Labute approximate surface area is 124 Å². The number of aliphatic imine (C=N–C) groups is 1. The summed E-state index contributed by atoms with van der Waals surface area (Å²) in [6.07, 6.45) is 5.41. The molecule has 8 heteroatoms. The van der Waals surface area contributed by atoms with Crippen LogP contribution in [0.2, 0.25) is 0 Å². The van der Waals surface area contributed by atoms with Crippen molar-refractivity contribution >= 4 is 5.96 Å². The first-order valence-corrected chi connectivity index (χ1v) is 6.90. The Balaban J connectivity index is 2.04. The van der Waals surface area contributed by atoms with E-state index in [2.05, 4.69) is 37.3 Å². The van der Waals surface area contributed by atoms with Gasteiger partial charge in [-0.3, -0.25) is 9.36 Å². The molecular weight excluding hydrogens is 268 g/mol. The number of hydrogen-bond acceptors (Lipinski definition) is 4. The molecule has 2 heterocycles. The number of guanidine groups is 1. The lowest BCUT2D eigenvalue weighted by atomic mass is 10.3. The number of rotatable bonds is 5. The Kier molecular flexibility index (Phi) is 4.91. The molecule has 0 amide bonds. The fraction of sp³-hybridized carbons (Fsp3) is 0.538. The largest absolute Gasteiger partial charge is 0.357 e. The first-order valence-electron chi connectivity index (χ1n) is 6.90. The van der Waals surface area contributed by atoms with E-state index in [9.17, 15) is 0 Å². The molecule has 21 heavy (non-hydrogen) atoms. The van der Waals surface area contributed by atoms with Crippen LogP contribution in [0.15, 0.2) is 23.7 Å². The van der Waals surface area contributed by atoms with E-state index < -0.39 is 0 Å². The first kappa shape index (κ1) is 15.0. The lowest BCUT2D eigenvalue weighted by molar-refractivity contribution is 0.475. The summed E-state index contributed by atoms with van der Waals surface area (Å²) in [5, 5.41) is 11.5. The van der Waals surface area contributed by atoms with Crippen LogP contribution in [0.3, 0.4) is 0 Å². The molecule has 8 nitrogen and oxygen atoms in total. The lowest BCUT2D eigenvalue weighted by Crippen LogP contribution is -2.38. The van der Waals surface area contributed by atoms with Crippen molar-refractivity contribution in [1.29, 1.82) is 0 Å². The van der Waals surface area contributed by atoms with Gasteiger partial charge in [0.2, 0.25) is 0 Å². The zero-order valence-electron chi connectivity index (χ0n) is 13.0. The van der Waals surface area contributed by atoms with Crippen LogP contribution in [-0.2, 0) is 27.2 Å². The van der Waals surface area contributed by atoms with Crippen molar-refractivity contribution in [2.45, 2.75) is 20.0 Å². The second kappa shape index (κ2) is 6.87. The lowest BCUT2D eigenvalue weighted by Gasteiger charge is -2.21. The number of hydrogen-bond donors (Lipinski definition) is 1. The summed E-state index contributed by atoms with van der Waals surface area (Å²) in [5.74, 6) is 1.67. The average molecular weight is 290 g/mol. The molecule has 0 radical (unpaired) electrons. The zero-order chi connectivity index (χ0) is 15.2. The fourth-order valence-electron chi connectivity index (χ4n) is 1.98. The maximum Gasteiger partial charge on any atom is 0.194 e. The van der Waals surface area contributed by atoms with E-state index in [1.807, 2.05) is 33.5 Å². The minimum absolute atomic E-state index is 0.496. The number of nitrogens with zero attached hydrogens (tertiary/aromatic N) is 7. The van der Waals surface area contributed by atoms with Gasteiger partial charge in [0.15, 0.2) is 5.96 Å². The summed E-state index contributed by atoms with van der Waals surface area (Å²) in [6.45, 7) is 4.11. The van der Waals surface area contributed by atoms with Gasteiger partial charge in [0.05, 0.1) is 6.20 Å². The van der Waals surface area contributed by atoms with Crippen LogP contribution in [0.1, 0.15) is 18.3 Å². The predicted molar refractivity (Wildman–Crippen MR) is 80.5 cm³/mol. The second-order valence-corrected chi connectivity index (χ2v) is 4.85.